The normalized spacial score (nSPS) is 15.2. The van der Waals surface area contributed by atoms with Gasteiger partial charge in [-0.15, -0.1) is 0 Å². The first-order valence-corrected chi connectivity index (χ1v) is 8.28. The van der Waals surface area contributed by atoms with Crippen molar-refractivity contribution in [2.75, 3.05) is 17.3 Å². The molecule has 104 valence electrons. The molecule has 0 aliphatic heterocycles. The van der Waals surface area contributed by atoms with Gasteiger partial charge in [0.05, 0.1) is 0 Å². The van der Waals surface area contributed by atoms with Crippen LogP contribution in [0.15, 0.2) is 24.3 Å². The lowest BCUT2D eigenvalue weighted by Gasteiger charge is -2.07. The molecule has 1 fully saturated rings. The van der Waals surface area contributed by atoms with Crippen molar-refractivity contribution in [2.24, 2.45) is 0 Å². The van der Waals surface area contributed by atoms with E-state index < -0.39 is 21.5 Å². The minimum absolute atomic E-state index is 0.489. The lowest BCUT2D eigenvalue weighted by molar-refractivity contribution is -0.113. The summed E-state index contributed by atoms with van der Waals surface area (Å²) >= 11 is 0. The van der Waals surface area contributed by atoms with Gasteiger partial charge in [-0.3, -0.25) is 4.79 Å². The number of carbonyl (C=O) groups is 1. The third-order valence-corrected chi connectivity index (χ3v) is 3.56. The topological polar surface area (TPSA) is 75.3 Å². The lowest BCUT2D eigenvalue weighted by atomic mass is 10.2. The van der Waals surface area contributed by atoms with Gasteiger partial charge >= 0.3 is 0 Å². The van der Waals surface area contributed by atoms with Gasteiger partial charge in [0.15, 0.2) is 9.84 Å². The molecular weight excluding hydrogens is 264 g/mol. The molecule has 0 heterocycles. The third-order valence-electron chi connectivity index (χ3n) is 2.78. The summed E-state index contributed by atoms with van der Waals surface area (Å²) in [7, 11) is -3.29. The van der Waals surface area contributed by atoms with Crippen LogP contribution in [0.3, 0.4) is 0 Å². The third kappa shape index (κ3) is 5.40. The van der Waals surface area contributed by atoms with E-state index in [-0.39, 0.29) is 0 Å². The Labute approximate surface area is 113 Å². The molecule has 1 aromatic rings. The Kier molecular flexibility index (Phi) is 4.21. The van der Waals surface area contributed by atoms with E-state index in [0.717, 1.165) is 18.4 Å². The molecular formula is C13H18N2O3S. The highest BCUT2D eigenvalue weighted by Crippen LogP contribution is 2.19. The largest absolute Gasteiger partial charge is 0.325 e. The van der Waals surface area contributed by atoms with E-state index in [1.807, 2.05) is 18.2 Å². The van der Waals surface area contributed by atoms with E-state index in [2.05, 4.69) is 10.6 Å². The van der Waals surface area contributed by atoms with Gasteiger partial charge in [0.25, 0.3) is 0 Å². The second-order valence-corrected chi connectivity index (χ2v) is 7.11. The number of sulfone groups is 1. The minimum atomic E-state index is -3.29. The molecule has 0 radical (unpaired) electrons. The molecule has 0 unspecified atom stereocenters. The zero-order valence-corrected chi connectivity index (χ0v) is 11.7. The highest BCUT2D eigenvalue weighted by molar-refractivity contribution is 7.91. The van der Waals surface area contributed by atoms with Crippen LogP contribution >= 0.6 is 0 Å². The molecule has 0 aromatic heterocycles. The predicted molar refractivity (Wildman–Crippen MR) is 74.6 cm³/mol. The summed E-state index contributed by atoms with van der Waals surface area (Å²) in [6.45, 7) is 0.764. The number of hydrogen-bond acceptors (Lipinski definition) is 4. The first kappa shape index (κ1) is 14.0. The SMILES string of the molecule is CS(=O)(=O)CC(=O)Nc1cccc(CNC2CC2)c1. The number of benzene rings is 1. The summed E-state index contributed by atoms with van der Waals surface area (Å²) in [5, 5.41) is 5.98. The molecule has 1 aromatic carbocycles. The molecule has 2 N–H and O–H groups in total. The van der Waals surface area contributed by atoms with Gasteiger partial charge in [0.2, 0.25) is 5.91 Å². The summed E-state index contributed by atoms with van der Waals surface area (Å²) in [6, 6.07) is 8.06. The van der Waals surface area contributed by atoms with Gasteiger partial charge in [-0.2, -0.15) is 0 Å². The fourth-order valence-electron chi connectivity index (χ4n) is 1.74. The van der Waals surface area contributed by atoms with Gasteiger partial charge in [0, 0.05) is 24.5 Å². The van der Waals surface area contributed by atoms with Crippen LogP contribution in [0.2, 0.25) is 0 Å². The number of amides is 1. The van der Waals surface area contributed by atoms with Crippen LogP contribution < -0.4 is 10.6 Å². The molecule has 1 aliphatic carbocycles. The second kappa shape index (κ2) is 5.71. The maximum atomic E-state index is 11.5. The molecule has 1 amide bonds. The van der Waals surface area contributed by atoms with E-state index in [4.69, 9.17) is 0 Å². The Balaban J connectivity index is 1.92. The standard InChI is InChI=1S/C13H18N2O3S/c1-19(17,18)9-13(16)15-12-4-2-3-10(7-12)8-14-11-5-6-11/h2-4,7,11,14H,5-6,8-9H2,1H3,(H,15,16). The van der Waals surface area contributed by atoms with Crippen LogP contribution in [-0.2, 0) is 21.2 Å². The van der Waals surface area contributed by atoms with Crippen molar-refractivity contribution in [3.05, 3.63) is 29.8 Å². The zero-order valence-electron chi connectivity index (χ0n) is 10.8. The number of rotatable bonds is 6. The highest BCUT2D eigenvalue weighted by atomic mass is 32.2. The molecule has 19 heavy (non-hydrogen) atoms. The molecule has 2 rings (SSSR count). The van der Waals surface area contributed by atoms with Crippen molar-refractivity contribution < 1.29 is 13.2 Å². The maximum absolute atomic E-state index is 11.5. The van der Waals surface area contributed by atoms with Crippen LogP contribution in [-0.4, -0.2) is 32.4 Å². The predicted octanol–water partition coefficient (Wildman–Crippen LogP) is 0.922. The molecule has 0 bridgehead atoms. The van der Waals surface area contributed by atoms with E-state index in [0.29, 0.717) is 11.7 Å². The second-order valence-electron chi connectivity index (χ2n) is 4.97. The Morgan fingerprint density at radius 1 is 1.37 bits per heavy atom. The van der Waals surface area contributed by atoms with Gasteiger partial charge in [-0.1, -0.05) is 12.1 Å². The van der Waals surface area contributed by atoms with Crippen molar-refractivity contribution in [3.63, 3.8) is 0 Å². The summed E-state index contributed by atoms with van der Waals surface area (Å²) in [6.07, 6.45) is 3.50. The molecule has 1 saturated carbocycles. The van der Waals surface area contributed by atoms with E-state index in [1.165, 1.54) is 12.8 Å². The zero-order chi connectivity index (χ0) is 13.9. The Bertz CT molecular complexity index is 565. The summed E-state index contributed by atoms with van der Waals surface area (Å²) < 4.78 is 22.0. The maximum Gasteiger partial charge on any atom is 0.239 e. The quantitative estimate of drug-likeness (QED) is 0.813. The van der Waals surface area contributed by atoms with Crippen molar-refractivity contribution in [1.82, 2.24) is 5.32 Å². The lowest BCUT2D eigenvalue weighted by Crippen LogP contribution is -2.22. The number of nitrogens with one attached hydrogen (secondary N) is 2. The first-order valence-electron chi connectivity index (χ1n) is 6.22. The molecule has 6 heteroatoms. The van der Waals surface area contributed by atoms with Crippen LogP contribution in [0, 0.1) is 0 Å². The Morgan fingerprint density at radius 2 is 2.11 bits per heavy atom. The molecule has 0 saturated heterocycles. The average Bonchev–Trinajstić information content (AvgIpc) is 3.07. The van der Waals surface area contributed by atoms with Crippen molar-refractivity contribution in [2.45, 2.75) is 25.4 Å². The van der Waals surface area contributed by atoms with E-state index in [1.54, 1.807) is 6.07 Å². The number of carbonyl (C=O) groups excluding carboxylic acids is 1. The Hall–Kier alpha value is -1.40. The van der Waals surface area contributed by atoms with Crippen molar-refractivity contribution >= 4 is 21.4 Å². The first-order chi connectivity index (χ1) is 8.92. The van der Waals surface area contributed by atoms with Crippen molar-refractivity contribution in [3.8, 4) is 0 Å². The highest BCUT2D eigenvalue weighted by Gasteiger charge is 2.19. The molecule has 0 spiro atoms. The summed E-state index contributed by atoms with van der Waals surface area (Å²) in [4.78, 5) is 11.5. The van der Waals surface area contributed by atoms with Crippen LogP contribution in [0.25, 0.3) is 0 Å². The molecule has 1 aliphatic rings. The fourth-order valence-corrected chi connectivity index (χ4v) is 2.29. The van der Waals surface area contributed by atoms with Crippen LogP contribution in [0.5, 0.6) is 0 Å². The smallest absolute Gasteiger partial charge is 0.239 e. The van der Waals surface area contributed by atoms with Gasteiger partial charge < -0.3 is 10.6 Å². The summed E-state index contributed by atoms with van der Waals surface area (Å²) in [5.74, 6) is -0.993. The average molecular weight is 282 g/mol. The van der Waals surface area contributed by atoms with E-state index >= 15 is 0 Å². The Morgan fingerprint density at radius 3 is 2.74 bits per heavy atom. The summed E-state index contributed by atoms with van der Waals surface area (Å²) in [5.41, 5.74) is 1.70. The minimum Gasteiger partial charge on any atom is -0.325 e. The van der Waals surface area contributed by atoms with Crippen molar-refractivity contribution in [1.29, 1.82) is 0 Å². The monoisotopic (exact) mass is 282 g/mol. The van der Waals surface area contributed by atoms with Crippen LogP contribution in [0.1, 0.15) is 18.4 Å². The number of hydrogen-bond donors (Lipinski definition) is 2. The van der Waals surface area contributed by atoms with E-state index in [9.17, 15) is 13.2 Å². The van der Waals surface area contributed by atoms with Crippen LogP contribution in [0.4, 0.5) is 5.69 Å². The van der Waals surface area contributed by atoms with Gasteiger partial charge in [0.1, 0.15) is 5.75 Å². The molecule has 0 atom stereocenters. The number of anilines is 1. The fraction of sp³-hybridized carbons (Fsp3) is 0.462. The van der Waals surface area contributed by atoms with Gasteiger partial charge in [-0.05, 0) is 30.5 Å². The molecule has 5 nitrogen and oxygen atoms in total. The van der Waals surface area contributed by atoms with Gasteiger partial charge in [-0.25, -0.2) is 8.42 Å².